The molecular formula is C20H17Cl2F3N5O4PS. The topological polar surface area (TPSA) is 128 Å². The molecule has 1 aromatic carbocycles. The van der Waals surface area contributed by atoms with Gasteiger partial charge in [-0.15, -0.1) is 10.2 Å². The molecule has 4 N–H and O–H groups in total. The summed E-state index contributed by atoms with van der Waals surface area (Å²) >= 11 is 13.5. The third kappa shape index (κ3) is 6.06. The predicted octanol–water partition coefficient (Wildman–Crippen LogP) is 5.01. The van der Waals surface area contributed by atoms with Crippen LogP contribution in [0, 0.1) is 5.82 Å². The molecule has 1 unspecified atom stereocenters. The smallest absolute Gasteiger partial charge is 0.327 e. The molecule has 0 aliphatic rings. The minimum atomic E-state index is -3.09. The number of hydrogen-bond acceptors (Lipinski definition) is 9. The largest absolute Gasteiger partial charge is 0.489 e. The molecule has 3 heterocycles. The molecule has 0 saturated carbocycles. The Morgan fingerprint density at radius 2 is 1.86 bits per heavy atom. The molecular weight excluding hydrogens is 565 g/mol. The Balaban J connectivity index is 1.55. The summed E-state index contributed by atoms with van der Waals surface area (Å²) < 4.78 is 53.4. The molecule has 3 aromatic heterocycles. The van der Waals surface area contributed by atoms with Crippen molar-refractivity contribution in [1.29, 1.82) is 0 Å². The Labute approximate surface area is 217 Å². The second-order valence-electron chi connectivity index (χ2n) is 7.62. The number of ether oxygens (including phenoxy) is 1. The Morgan fingerprint density at radius 1 is 1.14 bits per heavy atom. The van der Waals surface area contributed by atoms with Crippen LogP contribution in [0.4, 0.5) is 13.2 Å². The van der Waals surface area contributed by atoms with Crippen molar-refractivity contribution < 1.29 is 32.2 Å². The highest BCUT2D eigenvalue weighted by Gasteiger charge is 2.26. The number of hydrogen-bond donors (Lipinski definition) is 3. The molecule has 1 atom stereocenters. The third-order valence-corrected chi connectivity index (χ3v) is 6.72. The molecule has 0 aliphatic carbocycles. The van der Waals surface area contributed by atoms with Crippen molar-refractivity contribution in [2.45, 2.75) is 18.9 Å². The van der Waals surface area contributed by atoms with Gasteiger partial charge in [-0.1, -0.05) is 34.5 Å². The molecule has 4 rings (SSSR count). The number of fused-ring (bicyclic) bond motifs is 1. The lowest BCUT2D eigenvalue weighted by atomic mass is 10.2. The van der Waals surface area contributed by atoms with Gasteiger partial charge in [0.1, 0.15) is 17.3 Å². The van der Waals surface area contributed by atoms with E-state index in [-0.39, 0.29) is 50.8 Å². The molecule has 0 amide bonds. The molecule has 4 aromatic rings. The first kappa shape index (κ1) is 27.0. The van der Waals surface area contributed by atoms with Gasteiger partial charge < -0.3 is 29.2 Å². The van der Waals surface area contributed by atoms with E-state index >= 15 is 0 Å². The van der Waals surface area contributed by atoms with E-state index < -0.39 is 26.4 Å². The second-order valence-corrected chi connectivity index (χ2v) is 10.2. The van der Waals surface area contributed by atoms with Gasteiger partial charge in [0, 0.05) is 36.5 Å². The number of benzene rings is 1. The number of nitrogens with zero attached hydrogens (tertiary/aromatic N) is 4. The first-order valence-corrected chi connectivity index (χ1v) is 12.7. The number of nitrogens with two attached hydrogens (primary N) is 1. The zero-order valence-corrected chi connectivity index (χ0v) is 21.4. The van der Waals surface area contributed by atoms with Gasteiger partial charge in [0.2, 0.25) is 0 Å². The lowest BCUT2D eigenvalue weighted by molar-refractivity contribution is 0.0170. The minimum absolute atomic E-state index is 0.0468. The van der Waals surface area contributed by atoms with Crippen LogP contribution in [0.1, 0.15) is 12.5 Å². The number of imidazole rings is 1. The van der Waals surface area contributed by atoms with Crippen LogP contribution in [0.25, 0.3) is 26.9 Å². The lowest BCUT2D eigenvalue weighted by Gasteiger charge is -2.14. The lowest BCUT2D eigenvalue weighted by Crippen LogP contribution is -2.32. The fourth-order valence-electron chi connectivity index (χ4n) is 3.05. The van der Waals surface area contributed by atoms with Crippen molar-refractivity contribution in [3.05, 3.63) is 52.0 Å². The van der Waals surface area contributed by atoms with Crippen LogP contribution < -0.4 is 10.5 Å². The molecule has 0 radical (unpaired) electrons. The normalized spacial score (nSPS) is 13.1. The summed E-state index contributed by atoms with van der Waals surface area (Å²) in [4.78, 5) is 21.8. The zero-order chi connectivity index (χ0) is 26.2. The number of pyridine rings is 1. The summed E-state index contributed by atoms with van der Waals surface area (Å²) in [6.45, 7) is 0.404. The first-order valence-electron chi connectivity index (χ1n) is 10.0. The molecule has 192 valence electrons. The highest BCUT2D eigenvalue weighted by Crippen LogP contribution is 2.38. The monoisotopic (exact) mass is 581 g/mol. The van der Waals surface area contributed by atoms with Crippen LogP contribution in [0.15, 0.2) is 30.6 Å². The van der Waals surface area contributed by atoms with Crippen molar-refractivity contribution in [2.24, 2.45) is 5.73 Å². The van der Waals surface area contributed by atoms with E-state index in [1.807, 2.05) is 0 Å². The second kappa shape index (κ2) is 10.7. The van der Waals surface area contributed by atoms with E-state index in [0.29, 0.717) is 10.7 Å². The predicted molar refractivity (Wildman–Crippen MR) is 130 cm³/mol. The van der Waals surface area contributed by atoms with Gasteiger partial charge in [-0.3, -0.25) is 0 Å². The van der Waals surface area contributed by atoms with Crippen molar-refractivity contribution >= 4 is 48.8 Å². The van der Waals surface area contributed by atoms with E-state index in [2.05, 4.69) is 19.7 Å². The minimum Gasteiger partial charge on any atom is -0.489 e. The van der Waals surface area contributed by atoms with Crippen LogP contribution in [-0.2, 0) is 10.4 Å². The van der Waals surface area contributed by atoms with Gasteiger partial charge in [-0.05, 0) is 12.1 Å². The Kier molecular flexibility index (Phi) is 8.03. The van der Waals surface area contributed by atoms with Gasteiger partial charge in [-0.25, -0.2) is 18.2 Å². The quantitative estimate of drug-likeness (QED) is 0.235. The number of halogens is 5. The molecule has 9 nitrogen and oxygen atoms in total. The van der Waals surface area contributed by atoms with Crippen LogP contribution in [0.5, 0.6) is 5.75 Å². The van der Waals surface area contributed by atoms with Crippen LogP contribution >= 0.6 is 43.1 Å². The molecule has 0 fully saturated rings. The molecule has 0 bridgehead atoms. The van der Waals surface area contributed by atoms with Gasteiger partial charge in [-0.2, -0.15) is 0 Å². The van der Waals surface area contributed by atoms with E-state index in [4.69, 9.17) is 43.5 Å². The van der Waals surface area contributed by atoms with E-state index in [9.17, 15) is 13.2 Å². The molecule has 0 aliphatic heterocycles. The summed E-state index contributed by atoms with van der Waals surface area (Å²) in [6, 6.07) is 2.79. The standard InChI is InChI=1S/C20H17Cl2F3N5O4PS/c1-20(24,25)9-2-13(22)17-27-15(6-30(17)5-9)19-29-28-18(36-19)11-3-14(23)16(4-12(11)21)33-7-10(26)8-34-35(31)32/h2-6,10,31-32H,7-8,26H2,1H3. The average Bonchev–Trinajstić information content (AvgIpc) is 3.45. The Bertz CT molecular complexity index is 1400. The highest BCUT2D eigenvalue weighted by atomic mass is 35.5. The van der Waals surface area contributed by atoms with Crippen LogP contribution in [0.2, 0.25) is 10.0 Å². The van der Waals surface area contributed by atoms with Gasteiger partial charge in [0.25, 0.3) is 5.92 Å². The SMILES string of the molecule is CC(F)(F)c1cc(Cl)c2nc(-c3nnc(-c4cc(F)c(OCC(N)COP(O)O)cc4Cl)s3)cn2c1. The third-order valence-electron chi connectivity index (χ3n) is 4.77. The van der Waals surface area contributed by atoms with Crippen molar-refractivity contribution in [3.63, 3.8) is 0 Å². The average molecular weight is 582 g/mol. The van der Waals surface area contributed by atoms with Crippen molar-refractivity contribution in [1.82, 2.24) is 19.6 Å². The number of aromatic nitrogens is 4. The Morgan fingerprint density at radius 3 is 2.56 bits per heavy atom. The van der Waals surface area contributed by atoms with Gasteiger partial charge >= 0.3 is 8.60 Å². The summed E-state index contributed by atoms with van der Waals surface area (Å²) in [5.74, 6) is -3.99. The summed E-state index contributed by atoms with van der Waals surface area (Å²) in [5.41, 5.74) is 6.29. The summed E-state index contributed by atoms with van der Waals surface area (Å²) in [7, 11) is -2.55. The zero-order valence-electron chi connectivity index (χ0n) is 18.2. The number of rotatable bonds is 9. The maximum atomic E-state index is 14.7. The fourth-order valence-corrected chi connectivity index (χ4v) is 4.76. The van der Waals surface area contributed by atoms with E-state index in [1.165, 1.54) is 22.9 Å². The van der Waals surface area contributed by atoms with Crippen molar-refractivity contribution in [2.75, 3.05) is 13.2 Å². The van der Waals surface area contributed by atoms with Gasteiger partial charge in [0.15, 0.2) is 22.2 Å². The van der Waals surface area contributed by atoms with E-state index in [0.717, 1.165) is 30.4 Å². The van der Waals surface area contributed by atoms with Crippen molar-refractivity contribution in [3.8, 4) is 27.0 Å². The molecule has 0 spiro atoms. The van der Waals surface area contributed by atoms with E-state index in [1.54, 1.807) is 0 Å². The van der Waals surface area contributed by atoms with Crippen LogP contribution in [-0.4, -0.2) is 48.6 Å². The maximum absolute atomic E-state index is 14.7. The Hall–Kier alpha value is -2.09. The molecule has 36 heavy (non-hydrogen) atoms. The van der Waals surface area contributed by atoms with Gasteiger partial charge in [0.05, 0.1) is 22.7 Å². The van der Waals surface area contributed by atoms with Crippen LogP contribution in [0.3, 0.4) is 0 Å². The first-order chi connectivity index (χ1) is 16.9. The number of alkyl halides is 2. The summed E-state index contributed by atoms with van der Waals surface area (Å²) in [6.07, 6.45) is 2.72. The fraction of sp³-hybridized carbons (Fsp3) is 0.250. The maximum Gasteiger partial charge on any atom is 0.327 e. The highest BCUT2D eigenvalue weighted by molar-refractivity contribution is 7.39. The molecule has 16 heteroatoms. The molecule has 0 saturated heterocycles. The summed E-state index contributed by atoms with van der Waals surface area (Å²) in [5, 5.41) is 8.91.